The lowest BCUT2D eigenvalue weighted by Gasteiger charge is -2.10. The Balaban J connectivity index is 2.16. The van der Waals surface area contributed by atoms with Crippen molar-refractivity contribution in [3.8, 4) is 0 Å². The van der Waals surface area contributed by atoms with Gasteiger partial charge in [0.25, 0.3) is 0 Å². The molecule has 1 aliphatic heterocycles. The molecule has 0 aromatic carbocycles. The monoisotopic (exact) mass is 212 g/mol. The number of thiol groups is 1. The molecule has 1 aromatic rings. The molecule has 0 N–H and O–H groups in total. The maximum Gasteiger partial charge on any atom is 0.234 e. The van der Waals surface area contributed by atoms with E-state index >= 15 is 0 Å². The minimum Gasteiger partial charge on any atom is -0.338 e. The molecule has 0 radical (unpaired) electrons. The summed E-state index contributed by atoms with van der Waals surface area (Å²) < 4.78 is 5.04. The van der Waals surface area contributed by atoms with Crippen LogP contribution in [0.2, 0.25) is 0 Å². The summed E-state index contributed by atoms with van der Waals surface area (Å²) in [6.07, 6.45) is 0.559. The molecule has 76 valence electrons. The predicted octanol–water partition coefficient (Wildman–Crippen LogP) is 1.27. The number of aryl methyl sites for hydroxylation is 1. The van der Waals surface area contributed by atoms with Gasteiger partial charge in [-0.25, -0.2) is 0 Å². The van der Waals surface area contributed by atoms with Gasteiger partial charge in [0, 0.05) is 19.0 Å². The average molecular weight is 212 g/mol. The highest BCUT2D eigenvalue weighted by Crippen LogP contribution is 2.25. The lowest BCUT2D eigenvalue weighted by Crippen LogP contribution is -2.24. The number of carbonyl (C=O) groups excluding carboxylic acids is 1. The Labute approximate surface area is 87.7 Å². The normalized spacial score (nSPS) is 22.0. The molecule has 4 nitrogen and oxygen atoms in total. The van der Waals surface area contributed by atoms with Crippen molar-refractivity contribution in [2.24, 2.45) is 5.92 Å². The topological polar surface area (TPSA) is 46.3 Å². The fourth-order valence-corrected chi connectivity index (χ4v) is 1.84. The minimum atomic E-state index is 0.0974. The fraction of sp³-hybridized carbons (Fsp3) is 0.556. The number of amides is 1. The molecule has 2 rings (SSSR count). The Bertz CT molecular complexity index is 350. The van der Waals surface area contributed by atoms with Gasteiger partial charge in [0.2, 0.25) is 11.8 Å². The Kier molecular flexibility index (Phi) is 2.50. The molecule has 2 heterocycles. The molecule has 1 fully saturated rings. The van der Waals surface area contributed by atoms with Crippen LogP contribution in [0.1, 0.15) is 12.1 Å². The summed E-state index contributed by atoms with van der Waals surface area (Å²) in [5.74, 6) is 1.71. The first-order chi connectivity index (χ1) is 6.70. The second-order valence-corrected chi connectivity index (χ2v) is 3.93. The summed E-state index contributed by atoms with van der Waals surface area (Å²) in [5, 5.41) is 3.76. The summed E-state index contributed by atoms with van der Waals surface area (Å²) in [6.45, 7) is 2.53. The lowest BCUT2D eigenvalue weighted by molar-refractivity contribution is -0.117. The third kappa shape index (κ3) is 1.64. The van der Waals surface area contributed by atoms with Crippen LogP contribution in [0.4, 0.5) is 5.88 Å². The molecule has 1 amide bonds. The summed E-state index contributed by atoms with van der Waals surface area (Å²) in [5.41, 5.74) is 0.794. The number of hydrogen-bond acceptors (Lipinski definition) is 4. The third-order valence-corrected chi connectivity index (χ3v) is 2.86. The van der Waals surface area contributed by atoms with E-state index in [9.17, 15) is 4.79 Å². The molecule has 14 heavy (non-hydrogen) atoms. The van der Waals surface area contributed by atoms with E-state index in [1.165, 1.54) is 0 Å². The van der Waals surface area contributed by atoms with Gasteiger partial charge in [0.15, 0.2) is 0 Å². The van der Waals surface area contributed by atoms with Gasteiger partial charge < -0.3 is 4.52 Å². The second kappa shape index (κ2) is 3.65. The zero-order chi connectivity index (χ0) is 10.1. The van der Waals surface area contributed by atoms with E-state index in [0.717, 1.165) is 11.4 Å². The first-order valence-electron chi connectivity index (χ1n) is 4.55. The van der Waals surface area contributed by atoms with Crippen LogP contribution in [0.3, 0.4) is 0 Å². The molecule has 1 aromatic heterocycles. The van der Waals surface area contributed by atoms with Crippen molar-refractivity contribution in [2.75, 3.05) is 17.2 Å². The van der Waals surface area contributed by atoms with Crippen molar-refractivity contribution in [3.05, 3.63) is 11.8 Å². The Morgan fingerprint density at radius 1 is 1.79 bits per heavy atom. The molecule has 0 saturated carbocycles. The van der Waals surface area contributed by atoms with E-state index in [1.807, 2.05) is 6.92 Å². The highest BCUT2D eigenvalue weighted by Gasteiger charge is 2.31. The van der Waals surface area contributed by atoms with E-state index in [-0.39, 0.29) is 5.91 Å². The Hall–Kier alpha value is -0.970. The highest BCUT2D eigenvalue weighted by molar-refractivity contribution is 7.80. The minimum absolute atomic E-state index is 0.0974. The van der Waals surface area contributed by atoms with Crippen LogP contribution in [0.25, 0.3) is 0 Å². The van der Waals surface area contributed by atoms with Crippen LogP contribution < -0.4 is 4.90 Å². The van der Waals surface area contributed by atoms with Gasteiger partial charge in [-0.3, -0.25) is 9.69 Å². The summed E-state index contributed by atoms with van der Waals surface area (Å²) in [7, 11) is 0. The molecular weight excluding hydrogens is 200 g/mol. The molecule has 0 aliphatic carbocycles. The van der Waals surface area contributed by atoms with Crippen LogP contribution in [-0.2, 0) is 4.79 Å². The van der Waals surface area contributed by atoms with Gasteiger partial charge in [-0.05, 0) is 18.6 Å². The molecule has 0 spiro atoms. The average Bonchev–Trinajstić information content (AvgIpc) is 2.71. The van der Waals surface area contributed by atoms with Crippen molar-refractivity contribution in [3.63, 3.8) is 0 Å². The summed E-state index contributed by atoms with van der Waals surface area (Å²) in [4.78, 5) is 13.2. The number of aromatic nitrogens is 1. The first kappa shape index (κ1) is 9.58. The third-order valence-electron chi connectivity index (χ3n) is 2.34. The highest BCUT2D eigenvalue weighted by atomic mass is 32.1. The van der Waals surface area contributed by atoms with Gasteiger partial charge in [-0.15, -0.1) is 0 Å². The molecule has 1 aliphatic rings. The molecule has 1 unspecified atom stereocenters. The van der Waals surface area contributed by atoms with Crippen molar-refractivity contribution in [1.82, 2.24) is 5.16 Å². The molecule has 1 saturated heterocycles. The molecule has 5 heteroatoms. The standard InChI is InChI=1S/C9H12N2O2S/c1-6-2-9(13-10-6)11-4-7(5-14)3-8(11)12/h2,7,14H,3-5H2,1H3. The number of nitrogens with zero attached hydrogens (tertiary/aromatic N) is 2. The largest absolute Gasteiger partial charge is 0.338 e. The van der Waals surface area contributed by atoms with Gasteiger partial charge in [0.1, 0.15) is 0 Å². The van der Waals surface area contributed by atoms with Crippen LogP contribution in [0, 0.1) is 12.8 Å². The number of rotatable bonds is 2. The van der Waals surface area contributed by atoms with Gasteiger partial charge in [-0.1, -0.05) is 5.16 Å². The van der Waals surface area contributed by atoms with Crippen molar-refractivity contribution >= 4 is 24.4 Å². The lowest BCUT2D eigenvalue weighted by atomic mass is 10.1. The number of carbonyl (C=O) groups is 1. The van der Waals surface area contributed by atoms with Crippen molar-refractivity contribution < 1.29 is 9.32 Å². The van der Waals surface area contributed by atoms with E-state index in [4.69, 9.17) is 4.52 Å². The SMILES string of the molecule is Cc1cc(N2CC(CS)CC2=O)on1. The number of anilines is 1. The van der Waals surface area contributed by atoms with Crippen LogP contribution in [-0.4, -0.2) is 23.4 Å². The van der Waals surface area contributed by atoms with Crippen molar-refractivity contribution in [1.29, 1.82) is 0 Å². The number of hydrogen-bond donors (Lipinski definition) is 1. The fourth-order valence-electron chi connectivity index (χ4n) is 1.59. The van der Waals surface area contributed by atoms with Crippen molar-refractivity contribution in [2.45, 2.75) is 13.3 Å². The Morgan fingerprint density at radius 2 is 2.57 bits per heavy atom. The van der Waals surface area contributed by atoms with E-state index in [1.54, 1.807) is 11.0 Å². The molecular formula is C9H12N2O2S. The first-order valence-corrected chi connectivity index (χ1v) is 5.18. The van der Waals surface area contributed by atoms with Crippen LogP contribution in [0.5, 0.6) is 0 Å². The zero-order valence-electron chi connectivity index (χ0n) is 7.93. The van der Waals surface area contributed by atoms with Gasteiger partial charge in [-0.2, -0.15) is 12.6 Å². The van der Waals surface area contributed by atoms with Crippen LogP contribution >= 0.6 is 12.6 Å². The van der Waals surface area contributed by atoms with E-state index < -0.39 is 0 Å². The smallest absolute Gasteiger partial charge is 0.234 e. The summed E-state index contributed by atoms with van der Waals surface area (Å²) >= 11 is 4.19. The molecule has 1 atom stereocenters. The molecule has 0 bridgehead atoms. The maximum atomic E-state index is 11.6. The van der Waals surface area contributed by atoms with Gasteiger partial charge in [0.05, 0.1) is 5.69 Å². The van der Waals surface area contributed by atoms with E-state index in [0.29, 0.717) is 24.8 Å². The van der Waals surface area contributed by atoms with Crippen LogP contribution in [0.15, 0.2) is 10.6 Å². The Morgan fingerprint density at radius 3 is 3.07 bits per heavy atom. The zero-order valence-corrected chi connectivity index (χ0v) is 8.83. The second-order valence-electron chi connectivity index (χ2n) is 3.56. The van der Waals surface area contributed by atoms with E-state index in [2.05, 4.69) is 17.8 Å². The van der Waals surface area contributed by atoms with Gasteiger partial charge >= 0.3 is 0 Å². The predicted molar refractivity (Wildman–Crippen MR) is 55.6 cm³/mol. The maximum absolute atomic E-state index is 11.6. The summed E-state index contributed by atoms with van der Waals surface area (Å²) in [6, 6.07) is 1.78. The quantitative estimate of drug-likeness (QED) is 0.751.